The van der Waals surface area contributed by atoms with Gasteiger partial charge in [-0.25, -0.2) is 13.1 Å². The Balaban J connectivity index is 1.88. The molecular formula is C13H12BrN5O2S2. The Kier molecular flexibility index (Phi) is 4.57. The van der Waals surface area contributed by atoms with Crippen molar-refractivity contribution in [3.63, 3.8) is 0 Å². The Morgan fingerprint density at radius 3 is 2.78 bits per heavy atom. The number of tetrazole rings is 1. The molecule has 0 bridgehead atoms. The maximum Gasteiger partial charge on any atom is 0.243 e. The summed E-state index contributed by atoms with van der Waals surface area (Å²) >= 11 is 4.89. The highest BCUT2D eigenvalue weighted by atomic mass is 79.9. The molecule has 0 amide bonds. The highest BCUT2D eigenvalue weighted by Crippen LogP contribution is 2.25. The fraction of sp³-hybridized carbons (Fsp3) is 0.154. The standard InChI is InChI=1S/C13H12BrN5O2S2/c1-18(8-11-5-6-13(14)22-11)23(20,21)12-4-2-3-10(7-12)19-9-15-16-17-19/h2-7,9H,8H2,1H3. The lowest BCUT2D eigenvalue weighted by Gasteiger charge is -2.16. The summed E-state index contributed by atoms with van der Waals surface area (Å²) in [6.07, 6.45) is 1.42. The quantitative estimate of drug-likeness (QED) is 0.640. The number of sulfonamides is 1. The number of benzene rings is 1. The zero-order chi connectivity index (χ0) is 16.4. The molecule has 3 rings (SSSR count). The van der Waals surface area contributed by atoms with E-state index in [1.165, 1.54) is 26.7 Å². The van der Waals surface area contributed by atoms with Crippen LogP contribution in [-0.4, -0.2) is 40.0 Å². The van der Waals surface area contributed by atoms with Gasteiger partial charge in [-0.2, -0.15) is 4.31 Å². The van der Waals surface area contributed by atoms with E-state index < -0.39 is 10.0 Å². The number of hydrogen-bond donors (Lipinski definition) is 0. The van der Waals surface area contributed by atoms with Gasteiger partial charge in [-0.05, 0) is 56.7 Å². The average Bonchev–Trinajstić information content (AvgIpc) is 3.19. The maximum absolute atomic E-state index is 12.7. The van der Waals surface area contributed by atoms with Crippen LogP contribution in [0.2, 0.25) is 0 Å². The van der Waals surface area contributed by atoms with Crippen LogP contribution in [0.1, 0.15) is 4.88 Å². The predicted molar refractivity (Wildman–Crippen MR) is 89.8 cm³/mol. The van der Waals surface area contributed by atoms with Crippen molar-refractivity contribution in [3.05, 3.63) is 51.4 Å². The monoisotopic (exact) mass is 413 g/mol. The van der Waals surface area contributed by atoms with Crippen LogP contribution in [0.5, 0.6) is 0 Å². The van der Waals surface area contributed by atoms with Gasteiger partial charge in [0.05, 0.1) is 14.4 Å². The van der Waals surface area contributed by atoms with E-state index in [2.05, 4.69) is 31.5 Å². The second-order valence-corrected chi connectivity index (χ2v) is 9.31. The molecule has 1 aromatic carbocycles. The van der Waals surface area contributed by atoms with Crippen LogP contribution in [0.15, 0.2) is 51.4 Å². The third-order valence-corrected chi connectivity index (χ3v) is 6.55. The Morgan fingerprint density at radius 1 is 1.30 bits per heavy atom. The van der Waals surface area contributed by atoms with Gasteiger partial charge in [0.1, 0.15) is 6.33 Å². The van der Waals surface area contributed by atoms with Crippen molar-refractivity contribution in [1.82, 2.24) is 24.5 Å². The highest BCUT2D eigenvalue weighted by Gasteiger charge is 2.22. The zero-order valence-electron chi connectivity index (χ0n) is 12.0. The third kappa shape index (κ3) is 3.50. The minimum absolute atomic E-state index is 0.198. The first-order valence-electron chi connectivity index (χ1n) is 6.51. The molecule has 0 saturated heterocycles. The lowest BCUT2D eigenvalue weighted by molar-refractivity contribution is 0.469. The van der Waals surface area contributed by atoms with E-state index in [9.17, 15) is 8.42 Å². The molecule has 7 nitrogen and oxygen atoms in total. The fourth-order valence-corrected chi connectivity index (χ4v) is 4.79. The van der Waals surface area contributed by atoms with Gasteiger partial charge < -0.3 is 0 Å². The minimum Gasteiger partial charge on any atom is -0.207 e. The number of halogens is 1. The molecular weight excluding hydrogens is 402 g/mol. The molecule has 3 aromatic rings. The van der Waals surface area contributed by atoms with E-state index in [1.54, 1.807) is 31.3 Å². The van der Waals surface area contributed by atoms with Crippen molar-refractivity contribution >= 4 is 37.3 Å². The van der Waals surface area contributed by atoms with Crippen molar-refractivity contribution in [1.29, 1.82) is 0 Å². The molecule has 2 heterocycles. The van der Waals surface area contributed by atoms with E-state index in [0.29, 0.717) is 12.2 Å². The average molecular weight is 414 g/mol. The van der Waals surface area contributed by atoms with Crippen molar-refractivity contribution in [2.45, 2.75) is 11.4 Å². The normalized spacial score (nSPS) is 12.0. The summed E-state index contributed by atoms with van der Waals surface area (Å²) in [6.45, 7) is 0.313. The topological polar surface area (TPSA) is 81.0 Å². The Bertz CT molecular complexity index is 908. The smallest absolute Gasteiger partial charge is 0.207 e. The molecule has 23 heavy (non-hydrogen) atoms. The summed E-state index contributed by atoms with van der Waals surface area (Å²) in [5, 5.41) is 10.9. The summed E-state index contributed by atoms with van der Waals surface area (Å²) in [6, 6.07) is 10.3. The first-order chi connectivity index (χ1) is 11.0. The number of nitrogens with zero attached hydrogens (tertiary/aromatic N) is 5. The minimum atomic E-state index is -3.60. The van der Waals surface area contributed by atoms with Gasteiger partial charge >= 0.3 is 0 Å². The van der Waals surface area contributed by atoms with Crippen molar-refractivity contribution in [2.24, 2.45) is 0 Å². The van der Waals surface area contributed by atoms with E-state index >= 15 is 0 Å². The van der Waals surface area contributed by atoms with Crippen LogP contribution in [0.4, 0.5) is 0 Å². The molecule has 0 aliphatic rings. The number of thiophene rings is 1. The molecule has 0 aliphatic carbocycles. The largest absolute Gasteiger partial charge is 0.243 e. The van der Waals surface area contributed by atoms with Crippen LogP contribution < -0.4 is 0 Å². The van der Waals surface area contributed by atoms with Gasteiger partial charge in [-0.3, -0.25) is 0 Å². The van der Waals surface area contributed by atoms with Crippen molar-refractivity contribution in [3.8, 4) is 5.69 Å². The summed E-state index contributed by atoms with van der Waals surface area (Å²) in [4.78, 5) is 1.16. The van der Waals surface area contributed by atoms with Gasteiger partial charge in [0.15, 0.2) is 0 Å². The Labute approximate surface area is 145 Å². The molecule has 0 fully saturated rings. The van der Waals surface area contributed by atoms with Gasteiger partial charge in [-0.15, -0.1) is 16.4 Å². The molecule has 0 spiro atoms. The van der Waals surface area contributed by atoms with Gasteiger partial charge in [-0.1, -0.05) is 6.07 Å². The predicted octanol–water partition coefficient (Wildman–Crippen LogP) is 2.31. The van der Waals surface area contributed by atoms with Crippen molar-refractivity contribution < 1.29 is 8.42 Å². The molecule has 0 aliphatic heterocycles. The van der Waals surface area contributed by atoms with Crippen molar-refractivity contribution in [2.75, 3.05) is 7.05 Å². The Morgan fingerprint density at radius 2 is 2.13 bits per heavy atom. The number of rotatable bonds is 5. The van der Waals surface area contributed by atoms with E-state index in [-0.39, 0.29) is 4.90 Å². The Hall–Kier alpha value is -1.62. The SMILES string of the molecule is CN(Cc1ccc(Br)s1)S(=O)(=O)c1cccc(-n2cnnn2)c1. The lowest BCUT2D eigenvalue weighted by atomic mass is 10.3. The van der Waals surface area contributed by atoms with E-state index in [4.69, 9.17) is 0 Å². The van der Waals surface area contributed by atoms with Crippen LogP contribution in [-0.2, 0) is 16.6 Å². The molecule has 0 atom stereocenters. The fourth-order valence-electron chi connectivity index (χ4n) is 1.99. The van der Waals surface area contributed by atoms with E-state index in [0.717, 1.165) is 8.66 Å². The van der Waals surface area contributed by atoms with Crippen LogP contribution in [0.3, 0.4) is 0 Å². The molecule has 10 heteroatoms. The lowest BCUT2D eigenvalue weighted by Crippen LogP contribution is -2.26. The van der Waals surface area contributed by atoms with Gasteiger partial charge in [0.2, 0.25) is 10.0 Å². The van der Waals surface area contributed by atoms with Crippen LogP contribution in [0.25, 0.3) is 5.69 Å². The molecule has 0 N–H and O–H groups in total. The summed E-state index contributed by atoms with van der Waals surface area (Å²) in [5.41, 5.74) is 0.586. The molecule has 120 valence electrons. The number of hydrogen-bond acceptors (Lipinski definition) is 6. The molecule has 0 unspecified atom stereocenters. The maximum atomic E-state index is 12.7. The molecule has 0 radical (unpaired) electrons. The van der Waals surface area contributed by atoms with Crippen LogP contribution in [0, 0.1) is 0 Å². The summed E-state index contributed by atoms with van der Waals surface area (Å²) in [5.74, 6) is 0. The van der Waals surface area contributed by atoms with Crippen LogP contribution >= 0.6 is 27.3 Å². The first kappa shape index (κ1) is 16.2. The molecule has 0 saturated carbocycles. The first-order valence-corrected chi connectivity index (χ1v) is 9.56. The van der Waals surface area contributed by atoms with Gasteiger partial charge in [0.25, 0.3) is 0 Å². The second kappa shape index (κ2) is 6.48. The zero-order valence-corrected chi connectivity index (χ0v) is 15.2. The summed E-state index contributed by atoms with van der Waals surface area (Å²) in [7, 11) is -2.04. The summed E-state index contributed by atoms with van der Waals surface area (Å²) < 4.78 is 29.2. The highest BCUT2D eigenvalue weighted by molar-refractivity contribution is 9.11. The van der Waals surface area contributed by atoms with Gasteiger partial charge in [0, 0.05) is 18.5 Å². The molecule has 2 aromatic heterocycles. The number of aromatic nitrogens is 4. The second-order valence-electron chi connectivity index (χ2n) is 4.72. The van der Waals surface area contributed by atoms with E-state index in [1.807, 2.05) is 12.1 Å². The third-order valence-electron chi connectivity index (χ3n) is 3.15.